The second-order valence-electron chi connectivity index (χ2n) is 19.7. The highest BCUT2D eigenvalue weighted by atomic mass is 16.5. The quantitative estimate of drug-likeness (QED) is 0.0910. The van der Waals surface area contributed by atoms with Gasteiger partial charge in [0, 0.05) is 150 Å². The molecule has 13 nitrogen and oxygen atoms in total. The molecule has 2 spiro atoms. The maximum atomic E-state index is 15.0. The van der Waals surface area contributed by atoms with Crippen molar-refractivity contribution < 1.29 is 24.2 Å². The van der Waals surface area contributed by atoms with E-state index in [1.807, 2.05) is 66.7 Å². The van der Waals surface area contributed by atoms with Crippen LogP contribution in [0.25, 0.3) is 0 Å². The normalized spacial score (nSPS) is 16.1. The summed E-state index contributed by atoms with van der Waals surface area (Å²) in [5, 5.41) is 22.3. The van der Waals surface area contributed by atoms with E-state index in [2.05, 4.69) is 135 Å². The fourth-order valence-corrected chi connectivity index (χ4v) is 12.2. The number of nitrogens with one attached hydrogen (secondary N) is 1. The second kappa shape index (κ2) is 20.2. The highest BCUT2D eigenvalue weighted by molar-refractivity contribution is 6.04. The minimum absolute atomic E-state index is 0.0595. The predicted molar refractivity (Wildman–Crippen MR) is 309 cm³/mol. The van der Waals surface area contributed by atoms with Crippen LogP contribution in [-0.4, -0.2) is 86.7 Å². The largest absolute Gasteiger partial charge is 0.507 e. The number of anilines is 4. The van der Waals surface area contributed by atoms with E-state index >= 15 is 4.79 Å². The molecule has 13 heteroatoms. The number of benzene rings is 7. The van der Waals surface area contributed by atoms with Crippen molar-refractivity contribution in [2.75, 3.05) is 72.0 Å². The fraction of sp³-hybridized carbons (Fsp3) is 0.281. The summed E-state index contributed by atoms with van der Waals surface area (Å²) < 4.78 is 13.8. The van der Waals surface area contributed by atoms with Gasteiger partial charge in [0.2, 0.25) is 0 Å². The first-order valence-corrected chi connectivity index (χ1v) is 27.3. The van der Waals surface area contributed by atoms with E-state index in [4.69, 9.17) is 19.6 Å². The van der Waals surface area contributed by atoms with E-state index in [0.29, 0.717) is 64.0 Å². The number of nitrogens with zero attached hydrogens (tertiary/aromatic N) is 7. The summed E-state index contributed by atoms with van der Waals surface area (Å²) in [6.45, 7) is 23.3. The molecule has 0 bridgehead atoms. The summed E-state index contributed by atoms with van der Waals surface area (Å²) in [6, 6.07) is 43.6. The van der Waals surface area contributed by atoms with Gasteiger partial charge in [-0.3, -0.25) is 14.6 Å². The van der Waals surface area contributed by atoms with E-state index in [9.17, 15) is 9.90 Å². The van der Waals surface area contributed by atoms with Gasteiger partial charge in [-0.25, -0.2) is 5.01 Å². The first kappa shape index (κ1) is 50.6. The number of hydrazone groups is 1. The first-order valence-electron chi connectivity index (χ1n) is 27.3. The molecular formula is C64H66N8O5. The highest BCUT2D eigenvalue weighted by Gasteiger charge is 2.57. The summed E-state index contributed by atoms with van der Waals surface area (Å²) >= 11 is 0. The Labute approximate surface area is 451 Å². The number of phenols is 1. The Kier molecular flexibility index (Phi) is 13.3. The van der Waals surface area contributed by atoms with E-state index < -0.39 is 11.1 Å². The van der Waals surface area contributed by atoms with Crippen LogP contribution in [0.3, 0.4) is 0 Å². The van der Waals surface area contributed by atoms with Crippen LogP contribution in [-0.2, 0) is 11.1 Å². The van der Waals surface area contributed by atoms with Crippen LogP contribution in [0.5, 0.6) is 28.7 Å². The molecule has 392 valence electrons. The molecule has 4 heterocycles. The zero-order valence-corrected chi connectivity index (χ0v) is 45.2. The van der Waals surface area contributed by atoms with Gasteiger partial charge >= 0.3 is 0 Å². The summed E-state index contributed by atoms with van der Waals surface area (Å²) in [5.41, 5.74) is 8.99. The van der Waals surface area contributed by atoms with Crippen molar-refractivity contribution in [2.45, 2.75) is 66.5 Å². The van der Waals surface area contributed by atoms with Crippen LogP contribution >= 0.6 is 0 Å². The Morgan fingerprint density at radius 3 is 1.55 bits per heavy atom. The van der Waals surface area contributed by atoms with Crippen molar-refractivity contribution in [3.05, 3.63) is 189 Å². The van der Waals surface area contributed by atoms with Crippen LogP contribution < -0.4 is 34.4 Å². The molecule has 2 N–H and O–H groups in total. The Morgan fingerprint density at radius 1 is 0.506 bits per heavy atom. The van der Waals surface area contributed by atoms with Gasteiger partial charge in [-0.05, 0) is 109 Å². The minimum Gasteiger partial charge on any atom is -0.507 e. The molecule has 77 heavy (non-hydrogen) atoms. The average Bonchev–Trinajstić information content (AvgIpc) is 4.02. The molecule has 0 saturated heterocycles. The molecule has 2 amide bonds. The lowest BCUT2D eigenvalue weighted by Gasteiger charge is -2.42. The number of aromatic hydroxyl groups is 1. The third kappa shape index (κ3) is 7.87. The van der Waals surface area contributed by atoms with Gasteiger partial charge < -0.3 is 39.5 Å². The van der Waals surface area contributed by atoms with E-state index in [1.54, 1.807) is 29.6 Å². The van der Waals surface area contributed by atoms with Gasteiger partial charge in [0.15, 0.2) is 0 Å². The number of ether oxygens (including phenoxy) is 2. The number of carbonyl (C=O) groups is 2. The standard InChI is InChI=1S/C64H66N8O5/c1-9-68(10-2)43-28-31-50-56(34-43)76-59-38-55(71(15-7)16-8)54(37-53(59)63(50)48-26-19-17-24-46(48)61(74)67-63)65-39-41-22-21-23-42(60(41)73)40-66-72-62(75)47-25-18-20-27-49(47)64(72)51-32-29-44(69(11-3)12-4)35-57(51)77-58-36-45(30-33-52(58)64)70(13-5)14-6/h17-40,73H,9-16H2,1-8H3,(H,67,74)/b65-39?,66-40+. The smallest absolute Gasteiger partial charge is 0.275 e. The number of aliphatic imine (C=N–C) groups is 1. The van der Waals surface area contributed by atoms with Gasteiger partial charge in [0.05, 0.1) is 17.6 Å². The molecule has 0 fully saturated rings. The molecule has 0 saturated carbocycles. The van der Waals surface area contributed by atoms with Crippen molar-refractivity contribution in [3.63, 3.8) is 0 Å². The van der Waals surface area contributed by atoms with Gasteiger partial charge in [-0.2, -0.15) is 5.10 Å². The summed E-state index contributed by atoms with van der Waals surface area (Å²) in [7, 11) is 0. The zero-order chi connectivity index (χ0) is 53.8. The van der Waals surface area contributed by atoms with Crippen LogP contribution in [0.15, 0.2) is 144 Å². The average molecular weight is 1030 g/mol. The molecule has 11 rings (SSSR count). The lowest BCUT2D eigenvalue weighted by molar-refractivity contribution is 0.0675. The topological polar surface area (TPSA) is 126 Å². The molecule has 4 aliphatic rings. The third-order valence-corrected chi connectivity index (χ3v) is 16.2. The molecule has 7 aromatic carbocycles. The Hall–Kier alpha value is -8.58. The van der Waals surface area contributed by atoms with Crippen LogP contribution in [0.1, 0.15) is 121 Å². The van der Waals surface area contributed by atoms with Crippen molar-refractivity contribution in [1.82, 2.24) is 10.3 Å². The SMILES string of the molecule is CCN(CC)c1ccc2c(c1)Oc1cc(N(CC)CC)c(N=Cc3cccc(/C=N/N4C(=O)c5ccccc5C45c4ccc(N(CC)CC)cc4Oc4cc(N(CC)CC)ccc45)c3O)cc1C21NC(=O)c2ccccc21. The van der Waals surface area contributed by atoms with Crippen molar-refractivity contribution in [2.24, 2.45) is 10.1 Å². The molecular weight excluding hydrogens is 961 g/mol. The zero-order valence-electron chi connectivity index (χ0n) is 45.2. The van der Waals surface area contributed by atoms with E-state index in [0.717, 1.165) is 95.4 Å². The van der Waals surface area contributed by atoms with Gasteiger partial charge in [-0.1, -0.05) is 60.7 Å². The van der Waals surface area contributed by atoms with Gasteiger partial charge in [0.25, 0.3) is 11.8 Å². The molecule has 0 aliphatic carbocycles. The van der Waals surface area contributed by atoms with Crippen LogP contribution in [0.4, 0.5) is 28.4 Å². The minimum atomic E-state index is -1.22. The predicted octanol–water partition coefficient (Wildman–Crippen LogP) is 12.6. The summed E-state index contributed by atoms with van der Waals surface area (Å²) in [4.78, 5) is 43.3. The lowest BCUT2D eigenvalue weighted by atomic mass is 9.75. The second-order valence-corrected chi connectivity index (χ2v) is 19.7. The molecule has 1 atom stereocenters. The monoisotopic (exact) mass is 1030 g/mol. The van der Waals surface area contributed by atoms with Crippen molar-refractivity contribution in [3.8, 4) is 28.7 Å². The summed E-state index contributed by atoms with van der Waals surface area (Å²) in [6.07, 6.45) is 3.22. The van der Waals surface area contributed by atoms with Crippen molar-refractivity contribution in [1.29, 1.82) is 0 Å². The van der Waals surface area contributed by atoms with Gasteiger partial charge in [0.1, 0.15) is 39.8 Å². The maximum absolute atomic E-state index is 15.0. The number of carbonyl (C=O) groups excluding carboxylic acids is 2. The van der Waals surface area contributed by atoms with Crippen LogP contribution in [0, 0.1) is 0 Å². The third-order valence-electron chi connectivity index (χ3n) is 16.2. The van der Waals surface area contributed by atoms with Gasteiger partial charge in [-0.15, -0.1) is 0 Å². The molecule has 0 aromatic heterocycles. The van der Waals surface area contributed by atoms with Crippen LogP contribution in [0.2, 0.25) is 0 Å². The molecule has 1 unspecified atom stereocenters. The number of rotatable bonds is 16. The highest BCUT2D eigenvalue weighted by Crippen LogP contribution is 2.59. The fourth-order valence-electron chi connectivity index (χ4n) is 12.2. The Balaban J connectivity index is 1.02. The number of para-hydroxylation sites is 1. The molecule has 0 radical (unpaired) electrons. The number of hydrogen-bond acceptors (Lipinski definition) is 11. The Bertz CT molecular complexity index is 3460. The van der Waals surface area contributed by atoms with Crippen molar-refractivity contribution >= 4 is 52.7 Å². The maximum Gasteiger partial charge on any atom is 0.275 e. The van der Waals surface area contributed by atoms with E-state index in [1.165, 1.54) is 0 Å². The Morgan fingerprint density at radius 2 is 0.987 bits per heavy atom. The number of amides is 2. The number of hydrogen-bond donors (Lipinski definition) is 2. The molecule has 7 aromatic rings. The molecule has 4 aliphatic heterocycles. The summed E-state index contributed by atoms with van der Waals surface area (Å²) in [5.74, 6) is 2.07. The lowest BCUT2D eigenvalue weighted by Crippen LogP contribution is -2.44. The van der Waals surface area contributed by atoms with E-state index in [-0.39, 0.29) is 17.6 Å². The number of fused-ring (bicyclic) bond motifs is 12. The first-order chi connectivity index (χ1) is 37.5. The number of phenolic OH excluding ortho intramolecular Hbond substituents is 1.